The van der Waals surface area contributed by atoms with Crippen molar-refractivity contribution in [1.82, 2.24) is 15.1 Å². The van der Waals surface area contributed by atoms with E-state index in [0.717, 1.165) is 24.5 Å². The van der Waals surface area contributed by atoms with E-state index in [9.17, 15) is 4.79 Å². The molecule has 0 spiro atoms. The first-order valence-electron chi connectivity index (χ1n) is 9.71. The fraction of sp³-hybridized carbons (Fsp3) is 0.600. The quantitative estimate of drug-likeness (QED) is 0.738. The van der Waals surface area contributed by atoms with Crippen LogP contribution in [0.1, 0.15) is 81.1 Å². The fourth-order valence-electron chi connectivity index (χ4n) is 3.85. The molecule has 0 saturated heterocycles. The summed E-state index contributed by atoms with van der Waals surface area (Å²) in [4.78, 5) is 20.2. The Labute approximate surface area is 154 Å². The predicted molar refractivity (Wildman–Crippen MR) is 98.3 cm³/mol. The average Bonchev–Trinajstić information content (AvgIpc) is 3.11. The molecule has 2 aromatic rings. The van der Waals surface area contributed by atoms with Crippen molar-refractivity contribution in [1.29, 1.82) is 0 Å². The number of amides is 1. The van der Waals surface area contributed by atoms with E-state index in [2.05, 4.69) is 15.1 Å². The molecule has 2 heterocycles. The van der Waals surface area contributed by atoms with Gasteiger partial charge in [0.2, 0.25) is 11.8 Å². The molecule has 0 aliphatic heterocycles. The highest BCUT2D eigenvalue weighted by atomic mass is 16.5. The molecular weight excluding hydrogens is 328 g/mol. The smallest absolute Gasteiger partial charge is 0.230 e. The minimum absolute atomic E-state index is 0.0823. The van der Waals surface area contributed by atoms with Crippen LogP contribution >= 0.6 is 0 Å². The van der Waals surface area contributed by atoms with Crippen LogP contribution in [0.4, 0.5) is 0 Å². The first-order chi connectivity index (χ1) is 12.7. The second-order valence-electron chi connectivity index (χ2n) is 7.35. The van der Waals surface area contributed by atoms with Crippen molar-refractivity contribution in [3.05, 3.63) is 41.8 Å². The Morgan fingerprint density at radius 1 is 1.27 bits per heavy atom. The maximum atomic E-state index is 11.5. The zero-order valence-electron chi connectivity index (χ0n) is 15.3. The number of hydrogen-bond donors (Lipinski definition) is 1. The topological polar surface area (TPSA) is 94.9 Å². The lowest BCUT2D eigenvalue weighted by Gasteiger charge is -2.21. The maximum Gasteiger partial charge on any atom is 0.230 e. The van der Waals surface area contributed by atoms with Gasteiger partial charge in [-0.15, -0.1) is 0 Å². The summed E-state index contributed by atoms with van der Waals surface area (Å²) in [6.07, 6.45) is 12.5. The van der Waals surface area contributed by atoms with Crippen LogP contribution in [0, 0.1) is 5.92 Å². The standard InChI is InChI=1S/C20H28N4O2/c21-18(25)13-16(10-6-9-15-7-2-1-3-8-15)20-23-19(24-26-20)14-17-11-4-5-12-22-17/h4-5,11-12,15-16H,1-3,6-10,13-14H2,(H2,21,25). The molecular formula is C20H28N4O2. The first-order valence-corrected chi connectivity index (χ1v) is 9.71. The van der Waals surface area contributed by atoms with E-state index in [1.807, 2.05) is 18.2 Å². The van der Waals surface area contributed by atoms with Gasteiger partial charge in [0.1, 0.15) is 0 Å². The molecule has 1 atom stereocenters. The van der Waals surface area contributed by atoms with Gasteiger partial charge in [-0.25, -0.2) is 0 Å². The molecule has 1 aliphatic rings. The summed E-state index contributed by atoms with van der Waals surface area (Å²) >= 11 is 0. The molecule has 1 fully saturated rings. The van der Waals surface area contributed by atoms with E-state index in [1.165, 1.54) is 38.5 Å². The van der Waals surface area contributed by atoms with Gasteiger partial charge < -0.3 is 10.3 Å². The lowest BCUT2D eigenvalue weighted by molar-refractivity contribution is -0.118. The molecule has 6 heteroatoms. The van der Waals surface area contributed by atoms with Gasteiger partial charge in [-0.1, -0.05) is 56.2 Å². The number of primary amides is 1. The summed E-state index contributed by atoms with van der Waals surface area (Å²) in [6, 6.07) is 5.74. The summed E-state index contributed by atoms with van der Waals surface area (Å²) < 4.78 is 5.45. The molecule has 2 N–H and O–H groups in total. The number of aromatic nitrogens is 3. The third-order valence-electron chi connectivity index (χ3n) is 5.24. The molecule has 1 unspecified atom stereocenters. The van der Waals surface area contributed by atoms with E-state index in [0.29, 0.717) is 18.1 Å². The highest BCUT2D eigenvalue weighted by Crippen LogP contribution is 2.31. The molecule has 0 radical (unpaired) electrons. The van der Waals surface area contributed by atoms with Crippen LogP contribution in [-0.2, 0) is 11.2 Å². The van der Waals surface area contributed by atoms with Crippen LogP contribution in [0.25, 0.3) is 0 Å². The minimum Gasteiger partial charge on any atom is -0.370 e. The van der Waals surface area contributed by atoms with Crippen molar-refractivity contribution in [2.24, 2.45) is 11.7 Å². The Hall–Kier alpha value is -2.24. The molecule has 3 rings (SSSR count). The highest BCUT2D eigenvalue weighted by Gasteiger charge is 2.22. The first kappa shape index (κ1) is 18.5. The zero-order valence-corrected chi connectivity index (χ0v) is 15.3. The number of nitrogens with two attached hydrogens (primary N) is 1. The second-order valence-corrected chi connectivity index (χ2v) is 7.35. The summed E-state index contributed by atoms with van der Waals surface area (Å²) in [6.45, 7) is 0. The average molecular weight is 356 g/mol. The molecule has 2 aromatic heterocycles. The number of carbonyl (C=O) groups is 1. The SMILES string of the molecule is NC(=O)CC(CCCC1CCCCC1)c1nc(Cc2ccccn2)no1. The van der Waals surface area contributed by atoms with Crippen molar-refractivity contribution in [2.45, 2.75) is 70.1 Å². The van der Waals surface area contributed by atoms with Gasteiger partial charge in [0.15, 0.2) is 5.82 Å². The number of carbonyl (C=O) groups excluding carboxylic acids is 1. The van der Waals surface area contributed by atoms with E-state index in [1.54, 1.807) is 6.20 Å². The van der Waals surface area contributed by atoms with Crippen LogP contribution in [0.2, 0.25) is 0 Å². The number of pyridine rings is 1. The van der Waals surface area contributed by atoms with E-state index in [-0.39, 0.29) is 18.2 Å². The molecule has 140 valence electrons. The van der Waals surface area contributed by atoms with Gasteiger partial charge in [0.05, 0.1) is 6.42 Å². The third kappa shape index (κ3) is 5.64. The molecule has 0 bridgehead atoms. The Bertz CT molecular complexity index is 680. The molecule has 1 amide bonds. The summed E-state index contributed by atoms with van der Waals surface area (Å²) in [5.74, 6) is 1.55. The number of hydrogen-bond acceptors (Lipinski definition) is 5. The lowest BCUT2D eigenvalue weighted by atomic mass is 9.84. The van der Waals surface area contributed by atoms with Crippen molar-refractivity contribution in [3.8, 4) is 0 Å². The van der Waals surface area contributed by atoms with Gasteiger partial charge in [-0.3, -0.25) is 9.78 Å². The van der Waals surface area contributed by atoms with Crippen LogP contribution in [0.15, 0.2) is 28.9 Å². The van der Waals surface area contributed by atoms with E-state index in [4.69, 9.17) is 10.3 Å². The summed E-state index contributed by atoms with van der Waals surface area (Å²) in [5, 5.41) is 4.06. The van der Waals surface area contributed by atoms with Crippen molar-refractivity contribution in [2.75, 3.05) is 0 Å². The van der Waals surface area contributed by atoms with Crippen LogP contribution < -0.4 is 5.73 Å². The highest BCUT2D eigenvalue weighted by molar-refractivity contribution is 5.74. The Kier molecular flexibility index (Phi) is 6.75. The van der Waals surface area contributed by atoms with Crippen LogP contribution in [-0.4, -0.2) is 21.0 Å². The third-order valence-corrected chi connectivity index (χ3v) is 5.24. The van der Waals surface area contributed by atoms with Gasteiger partial charge >= 0.3 is 0 Å². The van der Waals surface area contributed by atoms with Crippen LogP contribution in [0.5, 0.6) is 0 Å². The predicted octanol–water partition coefficient (Wildman–Crippen LogP) is 3.77. The Morgan fingerprint density at radius 2 is 2.12 bits per heavy atom. The minimum atomic E-state index is -0.322. The lowest BCUT2D eigenvalue weighted by Crippen LogP contribution is -2.16. The number of rotatable bonds is 9. The molecule has 1 saturated carbocycles. The van der Waals surface area contributed by atoms with Crippen LogP contribution in [0.3, 0.4) is 0 Å². The second kappa shape index (κ2) is 9.46. The van der Waals surface area contributed by atoms with Gasteiger partial charge in [0.25, 0.3) is 0 Å². The monoisotopic (exact) mass is 356 g/mol. The van der Waals surface area contributed by atoms with Crippen molar-refractivity contribution < 1.29 is 9.32 Å². The zero-order chi connectivity index (χ0) is 18.2. The molecule has 26 heavy (non-hydrogen) atoms. The summed E-state index contributed by atoms with van der Waals surface area (Å²) in [7, 11) is 0. The maximum absolute atomic E-state index is 11.5. The molecule has 0 aromatic carbocycles. The van der Waals surface area contributed by atoms with E-state index < -0.39 is 0 Å². The molecule has 1 aliphatic carbocycles. The normalized spacial score (nSPS) is 16.5. The van der Waals surface area contributed by atoms with Gasteiger partial charge in [-0.2, -0.15) is 4.98 Å². The largest absolute Gasteiger partial charge is 0.370 e. The fourth-order valence-corrected chi connectivity index (χ4v) is 3.85. The van der Waals surface area contributed by atoms with Crippen molar-refractivity contribution >= 4 is 5.91 Å². The van der Waals surface area contributed by atoms with Crippen molar-refractivity contribution in [3.63, 3.8) is 0 Å². The number of nitrogens with zero attached hydrogens (tertiary/aromatic N) is 3. The van der Waals surface area contributed by atoms with Gasteiger partial charge in [-0.05, 0) is 24.5 Å². The van der Waals surface area contributed by atoms with Gasteiger partial charge in [0, 0.05) is 24.2 Å². The summed E-state index contributed by atoms with van der Waals surface area (Å²) in [5.41, 5.74) is 6.33. The Morgan fingerprint density at radius 3 is 2.85 bits per heavy atom. The molecule has 6 nitrogen and oxygen atoms in total. The van der Waals surface area contributed by atoms with E-state index >= 15 is 0 Å². The Balaban J connectivity index is 1.57.